The van der Waals surface area contributed by atoms with E-state index >= 15 is 0 Å². The van der Waals surface area contributed by atoms with Gasteiger partial charge in [0.25, 0.3) is 0 Å². The zero-order valence-electron chi connectivity index (χ0n) is 24.0. The molecular formula is C34H36ClN3O4. The summed E-state index contributed by atoms with van der Waals surface area (Å²) in [6, 6.07) is 29.1. The van der Waals surface area contributed by atoms with Gasteiger partial charge in [0.2, 0.25) is 0 Å². The van der Waals surface area contributed by atoms with Crippen LogP contribution in [0, 0.1) is 0 Å². The molecule has 1 aliphatic heterocycles. The molecule has 0 amide bonds. The molecule has 218 valence electrons. The third kappa shape index (κ3) is 7.62. The minimum Gasteiger partial charge on any atom is -0.492 e. The highest BCUT2D eigenvalue weighted by Gasteiger charge is 2.21. The number of carbonyl (C=O) groups is 1. The standard InChI is InChI=1S/C34H36ClN3O4/c1-36(2)20-21-41-29-7-5-8-30(23-29)42-33-22-28(14-15-32(33)34(39)40)38-18-16-37(17-19-38)24-26-6-3-4-9-31(26)25-10-12-27(35)13-11-25/h3-15,22-23H,16-21,24H2,1-2H3,(H,39,40). The lowest BCUT2D eigenvalue weighted by Gasteiger charge is -2.36. The number of anilines is 1. The van der Waals surface area contributed by atoms with Crippen LogP contribution in [0.1, 0.15) is 15.9 Å². The summed E-state index contributed by atoms with van der Waals surface area (Å²) < 4.78 is 11.9. The molecule has 1 aliphatic rings. The fraction of sp³-hybridized carbons (Fsp3) is 0.265. The van der Waals surface area contributed by atoms with Crippen LogP contribution in [0.3, 0.4) is 0 Å². The van der Waals surface area contributed by atoms with E-state index in [1.807, 2.05) is 55.4 Å². The van der Waals surface area contributed by atoms with Gasteiger partial charge in [-0.3, -0.25) is 4.90 Å². The zero-order valence-corrected chi connectivity index (χ0v) is 24.8. The Bertz CT molecular complexity index is 1500. The van der Waals surface area contributed by atoms with E-state index in [1.54, 1.807) is 18.2 Å². The molecule has 1 fully saturated rings. The van der Waals surface area contributed by atoms with Gasteiger partial charge in [0, 0.05) is 62.1 Å². The minimum absolute atomic E-state index is 0.120. The van der Waals surface area contributed by atoms with Crippen LogP contribution >= 0.6 is 11.6 Å². The molecule has 0 bridgehead atoms. The smallest absolute Gasteiger partial charge is 0.339 e. The lowest BCUT2D eigenvalue weighted by molar-refractivity contribution is 0.0694. The lowest BCUT2D eigenvalue weighted by atomic mass is 9.99. The number of likely N-dealkylation sites (N-methyl/N-ethyl adjacent to an activating group) is 1. The molecule has 1 N–H and O–H groups in total. The first-order valence-electron chi connectivity index (χ1n) is 14.1. The van der Waals surface area contributed by atoms with E-state index in [9.17, 15) is 9.90 Å². The van der Waals surface area contributed by atoms with Crippen LogP contribution in [0.4, 0.5) is 5.69 Å². The second kappa shape index (κ2) is 13.7. The Morgan fingerprint density at radius 2 is 1.62 bits per heavy atom. The molecule has 7 nitrogen and oxygen atoms in total. The summed E-state index contributed by atoms with van der Waals surface area (Å²) in [6.45, 7) is 5.61. The van der Waals surface area contributed by atoms with Crippen molar-refractivity contribution >= 4 is 23.3 Å². The molecule has 1 heterocycles. The summed E-state index contributed by atoms with van der Waals surface area (Å²) in [4.78, 5) is 18.8. The van der Waals surface area contributed by atoms with Gasteiger partial charge >= 0.3 is 5.97 Å². The van der Waals surface area contributed by atoms with Crippen molar-refractivity contribution in [1.29, 1.82) is 0 Å². The molecule has 0 aromatic heterocycles. The van der Waals surface area contributed by atoms with E-state index in [4.69, 9.17) is 21.1 Å². The first-order chi connectivity index (χ1) is 20.4. The molecule has 8 heteroatoms. The van der Waals surface area contributed by atoms with Crippen LogP contribution in [0.5, 0.6) is 17.2 Å². The maximum absolute atomic E-state index is 12.0. The van der Waals surface area contributed by atoms with Crippen molar-refractivity contribution in [2.45, 2.75) is 6.54 Å². The molecule has 42 heavy (non-hydrogen) atoms. The third-order valence-corrected chi connectivity index (χ3v) is 7.59. The highest BCUT2D eigenvalue weighted by atomic mass is 35.5. The van der Waals surface area contributed by atoms with Crippen LogP contribution in [0.2, 0.25) is 5.02 Å². The van der Waals surface area contributed by atoms with Crippen LogP contribution in [0.25, 0.3) is 11.1 Å². The number of halogens is 1. The van der Waals surface area contributed by atoms with E-state index in [0.717, 1.165) is 55.5 Å². The van der Waals surface area contributed by atoms with Gasteiger partial charge in [-0.25, -0.2) is 4.79 Å². The van der Waals surface area contributed by atoms with Crippen molar-refractivity contribution in [1.82, 2.24) is 9.80 Å². The summed E-state index contributed by atoms with van der Waals surface area (Å²) in [5.41, 5.74) is 4.72. The fourth-order valence-corrected chi connectivity index (χ4v) is 5.17. The zero-order chi connectivity index (χ0) is 29.5. The maximum atomic E-state index is 12.0. The average Bonchev–Trinajstić information content (AvgIpc) is 2.98. The van der Waals surface area contributed by atoms with Gasteiger partial charge in [0.05, 0.1) is 0 Å². The molecule has 0 saturated carbocycles. The average molecular weight is 586 g/mol. The van der Waals surface area contributed by atoms with Crippen molar-refractivity contribution in [3.8, 4) is 28.4 Å². The van der Waals surface area contributed by atoms with E-state index in [-0.39, 0.29) is 5.56 Å². The van der Waals surface area contributed by atoms with Crippen LogP contribution in [0.15, 0.2) is 91.0 Å². The Hall–Kier alpha value is -4.04. The van der Waals surface area contributed by atoms with Gasteiger partial charge in [-0.2, -0.15) is 0 Å². The first-order valence-corrected chi connectivity index (χ1v) is 14.5. The number of piperazine rings is 1. The van der Waals surface area contributed by atoms with E-state index in [1.165, 1.54) is 11.1 Å². The summed E-state index contributed by atoms with van der Waals surface area (Å²) in [7, 11) is 3.98. The Labute approximate surface area is 252 Å². The molecule has 0 atom stereocenters. The predicted octanol–water partition coefficient (Wildman–Crippen LogP) is 6.76. The maximum Gasteiger partial charge on any atom is 0.339 e. The van der Waals surface area contributed by atoms with Crippen LogP contribution < -0.4 is 14.4 Å². The van der Waals surface area contributed by atoms with E-state index in [0.29, 0.717) is 23.9 Å². The summed E-state index contributed by atoms with van der Waals surface area (Å²) in [5.74, 6) is 0.487. The number of nitrogens with zero attached hydrogens (tertiary/aromatic N) is 3. The summed E-state index contributed by atoms with van der Waals surface area (Å²) in [5, 5.41) is 10.6. The number of aromatic carboxylic acids is 1. The van der Waals surface area contributed by atoms with Crippen molar-refractivity contribution in [2.75, 3.05) is 58.3 Å². The number of ether oxygens (including phenoxy) is 2. The first kappa shape index (κ1) is 29.5. The largest absolute Gasteiger partial charge is 0.492 e. The second-order valence-corrected chi connectivity index (χ2v) is 11.1. The number of hydrogen-bond donors (Lipinski definition) is 1. The summed E-state index contributed by atoms with van der Waals surface area (Å²) in [6.07, 6.45) is 0. The molecule has 0 radical (unpaired) electrons. The number of carboxylic acid groups (broad SMARTS) is 1. The number of hydrogen-bond acceptors (Lipinski definition) is 6. The van der Waals surface area contributed by atoms with E-state index < -0.39 is 5.97 Å². The topological polar surface area (TPSA) is 65.5 Å². The molecule has 0 unspecified atom stereocenters. The SMILES string of the molecule is CN(C)CCOc1cccc(Oc2cc(N3CCN(Cc4ccccc4-c4ccc(Cl)cc4)CC3)ccc2C(=O)O)c1. The highest BCUT2D eigenvalue weighted by molar-refractivity contribution is 6.30. The van der Waals surface area contributed by atoms with E-state index in [2.05, 4.69) is 46.2 Å². The Kier molecular flexibility index (Phi) is 9.64. The van der Waals surface area contributed by atoms with Crippen molar-refractivity contribution in [3.63, 3.8) is 0 Å². The van der Waals surface area contributed by atoms with Crippen molar-refractivity contribution in [2.24, 2.45) is 0 Å². The molecule has 5 rings (SSSR count). The van der Waals surface area contributed by atoms with Gasteiger partial charge in [0.15, 0.2) is 0 Å². The van der Waals surface area contributed by atoms with Crippen LogP contribution in [-0.4, -0.2) is 74.3 Å². The molecular weight excluding hydrogens is 550 g/mol. The molecule has 0 aliphatic carbocycles. The Balaban J connectivity index is 1.25. The number of carboxylic acids is 1. The molecule has 4 aromatic carbocycles. The van der Waals surface area contributed by atoms with Gasteiger partial charge in [-0.1, -0.05) is 54.1 Å². The minimum atomic E-state index is -1.03. The highest BCUT2D eigenvalue weighted by Crippen LogP contribution is 2.33. The fourth-order valence-electron chi connectivity index (χ4n) is 5.04. The quantitative estimate of drug-likeness (QED) is 0.209. The van der Waals surface area contributed by atoms with Gasteiger partial charge < -0.3 is 24.4 Å². The van der Waals surface area contributed by atoms with Crippen molar-refractivity contribution < 1.29 is 19.4 Å². The molecule has 0 spiro atoms. The monoisotopic (exact) mass is 585 g/mol. The molecule has 4 aromatic rings. The number of benzene rings is 4. The van der Waals surface area contributed by atoms with Crippen molar-refractivity contribution in [3.05, 3.63) is 107 Å². The van der Waals surface area contributed by atoms with Gasteiger partial charge in [0.1, 0.15) is 29.4 Å². The van der Waals surface area contributed by atoms with Gasteiger partial charge in [-0.05, 0) is 67.2 Å². The summed E-state index contributed by atoms with van der Waals surface area (Å²) >= 11 is 6.11. The van der Waals surface area contributed by atoms with Gasteiger partial charge in [-0.15, -0.1) is 0 Å². The predicted molar refractivity (Wildman–Crippen MR) is 168 cm³/mol. The lowest BCUT2D eigenvalue weighted by Crippen LogP contribution is -2.46. The Morgan fingerprint density at radius 1 is 0.881 bits per heavy atom. The second-order valence-electron chi connectivity index (χ2n) is 10.6. The molecule has 1 saturated heterocycles. The third-order valence-electron chi connectivity index (χ3n) is 7.34. The Morgan fingerprint density at radius 3 is 2.36 bits per heavy atom. The number of rotatable bonds is 11. The normalized spacial score (nSPS) is 13.8. The van der Waals surface area contributed by atoms with Crippen LogP contribution in [-0.2, 0) is 6.54 Å².